The molecule has 2 heterocycles. The number of anilines is 1. The number of carbonyl (C=O) groups excluding carboxylic acids is 1. The van der Waals surface area contributed by atoms with Gasteiger partial charge in [-0.1, -0.05) is 11.6 Å². The number of nitro benzene ring substituents is 1. The number of hydrogen-bond donors (Lipinski definition) is 1. The Labute approximate surface area is 216 Å². The summed E-state index contributed by atoms with van der Waals surface area (Å²) < 4.78 is 34.3. The molecule has 6 atom stereocenters. The van der Waals surface area contributed by atoms with Crippen molar-refractivity contribution in [1.82, 2.24) is 0 Å². The summed E-state index contributed by atoms with van der Waals surface area (Å²) in [7, 11) is 4.43. The first-order valence-electron chi connectivity index (χ1n) is 12.4. The Kier molecular flexibility index (Phi) is 7.68. The summed E-state index contributed by atoms with van der Waals surface area (Å²) in [6, 6.07) is 2.67. The zero-order valence-corrected chi connectivity index (χ0v) is 22.2. The molecule has 0 amide bonds. The third-order valence-corrected chi connectivity index (χ3v) is 7.64. The highest BCUT2D eigenvalue weighted by atomic mass is 16.6. The van der Waals surface area contributed by atoms with Crippen LogP contribution in [-0.4, -0.2) is 74.9 Å². The topological polar surface area (TPSA) is 134 Å². The molecule has 3 aliphatic rings. The quantitative estimate of drug-likeness (QED) is 0.151. The number of rotatable bonds is 11. The first-order chi connectivity index (χ1) is 17.6. The van der Waals surface area contributed by atoms with Gasteiger partial charge < -0.3 is 33.7 Å². The number of nitrogens with zero attached hydrogens (tertiary/aromatic N) is 1. The van der Waals surface area contributed by atoms with Gasteiger partial charge in [-0.15, -0.1) is 0 Å². The van der Waals surface area contributed by atoms with E-state index >= 15 is 0 Å². The molecule has 4 rings (SSSR count). The van der Waals surface area contributed by atoms with Gasteiger partial charge in [-0.25, -0.2) is 0 Å². The molecule has 1 saturated carbocycles. The summed E-state index contributed by atoms with van der Waals surface area (Å²) in [6.07, 6.45) is 3.44. The van der Waals surface area contributed by atoms with E-state index in [9.17, 15) is 14.9 Å². The molecule has 0 radical (unpaired) electrons. The lowest BCUT2D eigenvalue weighted by Gasteiger charge is -2.42. The Morgan fingerprint density at radius 2 is 1.92 bits per heavy atom. The second-order valence-electron chi connectivity index (χ2n) is 10.2. The number of epoxide rings is 2. The molecule has 1 unspecified atom stereocenters. The Morgan fingerprint density at radius 1 is 1.24 bits per heavy atom. The molecule has 204 valence electrons. The van der Waals surface area contributed by atoms with Gasteiger partial charge in [-0.3, -0.25) is 14.9 Å². The monoisotopic (exact) mass is 520 g/mol. The smallest absolute Gasteiger partial charge is 0.325 e. The number of allylic oxidation sites excluding steroid dienone is 1. The van der Waals surface area contributed by atoms with Gasteiger partial charge in [0.25, 0.3) is 5.69 Å². The van der Waals surface area contributed by atoms with E-state index in [1.807, 2.05) is 0 Å². The molecule has 1 aromatic carbocycles. The number of hydrogen-bond acceptors (Lipinski definition) is 10. The Hall–Kier alpha value is -2.89. The van der Waals surface area contributed by atoms with Gasteiger partial charge in [-0.05, 0) is 40.0 Å². The number of benzene rings is 1. The minimum Gasteiger partial charge on any atom is -0.493 e. The van der Waals surface area contributed by atoms with Gasteiger partial charge in [0, 0.05) is 13.2 Å². The van der Waals surface area contributed by atoms with Crippen LogP contribution >= 0.6 is 0 Å². The van der Waals surface area contributed by atoms with Crippen molar-refractivity contribution in [2.75, 3.05) is 39.8 Å². The molecule has 2 aliphatic heterocycles. The average Bonchev–Trinajstić information content (AvgIpc) is 3.78. The molecule has 1 N–H and O–H groups in total. The van der Waals surface area contributed by atoms with Gasteiger partial charge >= 0.3 is 5.97 Å². The fraction of sp³-hybridized carbons (Fsp3) is 0.654. The van der Waals surface area contributed by atoms with Crippen molar-refractivity contribution in [3.8, 4) is 11.5 Å². The van der Waals surface area contributed by atoms with Gasteiger partial charge in [-0.2, -0.15) is 0 Å². The molecule has 3 fully saturated rings. The van der Waals surface area contributed by atoms with E-state index in [-0.39, 0.29) is 41.3 Å². The fourth-order valence-electron chi connectivity index (χ4n) is 5.61. The van der Waals surface area contributed by atoms with E-state index in [4.69, 9.17) is 28.4 Å². The standard InChI is InChI=1S/C26H36N2O9/c1-15(2)7-8-21-25(3,37-21)24-23(34-6)18(9-10-26(24)14-35-26)36-22(29)13-27-16-11-19(32-4)20(33-5)12-17(16)28(30)31/h7,11-12,18,21,23-24,27H,8-10,13-14H2,1-6H3/t18-,21?,23-,24-,25+,26+/m1/s1. The second-order valence-corrected chi connectivity index (χ2v) is 10.2. The van der Waals surface area contributed by atoms with Crippen molar-refractivity contribution >= 4 is 17.3 Å². The fourth-order valence-corrected chi connectivity index (χ4v) is 5.61. The van der Waals surface area contributed by atoms with Crippen molar-refractivity contribution in [2.45, 2.75) is 69.5 Å². The highest BCUT2D eigenvalue weighted by Gasteiger charge is 2.72. The highest BCUT2D eigenvalue weighted by Crippen LogP contribution is 2.59. The predicted octanol–water partition coefficient (Wildman–Crippen LogP) is 3.64. The first kappa shape index (κ1) is 27.2. The van der Waals surface area contributed by atoms with Crippen LogP contribution in [0.4, 0.5) is 11.4 Å². The van der Waals surface area contributed by atoms with Crippen LogP contribution in [0.3, 0.4) is 0 Å². The summed E-state index contributed by atoms with van der Waals surface area (Å²) >= 11 is 0. The van der Waals surface area contributed by atoms with E-state index in [2.05, 4.69) is 32.2 Å². The molecule has 0 bridgehead atoms. The molecule has 11 nitrogen and oxygen atoms in total. The summed E-state index contributed by atoms with van der Waals surface area (Å²) in [5.41, 5.74) is 0.349. The largest absolute Gasteiger partial charge is 0.493 e. The lowest BCUT2D eigenvalue weighted by molar-refractivity contribution is -0.384. The van der Waals surface area contributed by atoms with E-state index in [0.717, 1.165) is 12.8 Å². The highest BCUT2D eigenvalue weighted by molar-refractivity contribution is 5.78. The number of ether oxygens (including phenoxy) is 6. The lowest BCUT2D eigenvalue weighted by atomic mass is 9.68. The van der Waals surface area contributed by atoms with E-state index in [1.54, 1.807) is 7.11 Å². The summed E-state index contributed by atoms with van der Waals surface area (Å²) in [4.78, 5) is 23.9. The molecule has 11 heteroatoms. The molecule has 2 saturated heterocycles. The van der Waals surface area contributed by atoms with E-state index in [1.165, 1.54) is 31.9 Å². The van der Waals surface area contributed by atoms with Crippen molar-refractivity contribution < 1.29 is 38.1 Å². The third kappa shape index (κ3) is 5.39. The molecule has 37 heavy (non-hydrogen) atoms. The predicted molar refractivity (Wildman–Crippen MR) is 134 cm³/mol. The second kappa shape index (κ2) is 10.5. The van der Waals surface area contributed by atoms with E-state index in [0.29, 0.717) is 18.8 Å². The number of carbonyl (C=O) groups is 1. The SMILES string of the molecule is COc1cc(NCC(=O)O[C@@H]2CC[C@]3(CO3)[C@@H]([C@@]3(C)OC3CC=C(C)C)[C@@H]2OC)c([N+](=O)[O-])cc1OC. The van der Waals surface area contributed by atoms with Crippen LogP contribution in [0.15, 0.2) is 23.8 Å². The van der Waals surface area contributed by atoms with Crippen molar-refractivity contribution in [1.29, 1.82) is 0 Å². The van der Waals surface area contributed by atoms with Crippen LogP contribution < -0.4 is 14.8 Å². The van der Waals surface area contributed by atoms with Crippen molar-refractivity contribution in [3.63, 3.8) is 0 Å². The minimum atomic E-state index is -0.556. The van der Waals surface area contributed by atoms with Gasteiger partial charge in [0.2, 0.25) is 0 Å². The van der Waals surface area contributed by atoms with Crippen LogP contribution in [-0.2, 0) is 23.7 Å². The van der Waals surface area contributed by atoms with Gasteiger partial charge in [0.05, 0.1) is 43.8 Å². The summed E-state index contributed by atoms with van der Waals surface area (Å²) in [5, 5.41) is 14.4. The maximum atomic E-state index is 12.9. The number of nitrogens with one attached hydrogen (secondary N) is 1. The number of methoxy groups -OCH3 is 3. The molecule has 1 spiro atoms. The first-order valence-corrected chi connectivity index (χ1v) is 12.4. The van der Waals surface area contributed by atoms with E-state index < -0.39 is 28.7 Å². The van der Waals surface area contributed by atoms with Crippen LogP contribution in [0, 0.1) is 16.0 Å². The molecule has 0 aromatic heterocycles. The third-order valence-electron chi connectivity index (χ3n) is 7.64. The summed E-state index contributed by atoms with van der Waals surface area (Å²) in [6.45, 7) is 6.57. The number of esters is 1. The lowest BCUT2D eigenvalue weighted by Crippen LogP contribution is -2.55. The average molecular weight is 521 g/mol. The zero-order chi connectivity index (χ0) is 27.0. The van der Waals surface area contributed by atoms with Crippen molar-refractivity contribution in [3.05, 3.63) is 33.9 Å². The maximum Gasteiger partial charge on any atom is 0.325 e. The molecule has 1 aromatic rings. The maximum absolute atomic E-state index is 12.9. The Bertz CT molecular complexity index is 1070. The summed E-state index contributed by atoms with van der Waals surface area (Å²) in [5.74, 6) is -0.125. The molecule has 1 aliphatic carbocycles. The Balaban J connectivity index is 1.44. The minimum absolute atomic E-state index is 0.0489. The van der Waals surface area contributed by atoms with Crippen LogP contribution in [0.25, 0.3) is 0 Å². The zero-order valence-electron chi connectivity index (χ0n) is 22.2. The molecular weight excluding hydrogens is 484 g/mol. The normalized spacial score (nSPS) is 31.8. The van der Waals surface area contributed by atoms with Crippen LogP contribution in [0.5, 0.6) is 11.5 Å². The molecular formula is C26H36N2O9. The van der Waals surface area contributed by atoms with Gasteiger partial charge in [0.15, 0.2) is 11.5 Å². The number of nitro groups is 1. The Morgan fingerprint density at radius 3 is 2.49 bits per heavy atom. The van der Waals surface area contributed by atoms with Crippen molar-refractivity contribution in [2.24, 2.45) is 5.92 Å². The van der Waals surface area contributed by atoms with Gasteiger partial charge in [0.1, 0.15) is 35.6 Å². The van der Waals surface area contributed by atoms with Crippen LogP contribution in [0.1, 0.15) is 40.0 Å². The van der Waals surface area contributed by atoms with Crippen LogP contribution in [0.2, 0.25) is 0 Å².